The predicted octanol–water partition coefficient (Wildman–Crippen LogP) is 1.68. The Labute approximate surface area is 108 Å². The first-order chi connectivity index (χ1) is 8.35. The van der Waals surface area contributed by atoms with E-state index in [-0.39, 0.29) is 18.0 Å². The van der Waals surface area contributed by atoms with Crippen molar-refractivity contribution in [1.82, 2.24) is 10.2 Å². The van der Waals surface area contributed by atoms with Crippen molar-refractivity contribution in [1.29, 1.82) is 0 Å². The summed E-state index contributed by atoms with van der Waals surface area (Å²) in [5.41, 5.74) is -0.513. The average molecular weight is 254 g/mol. The fourth-order valence-electron chi connectivity index (χ4n) is 2.57. The van der Waals surface area contributed by atoms with Gasteiger partial charge in [0.25, 0.3) is 0 Å². The van der Waals surface area contributed by atoms with Crippen molar-refractivity contribution in [2.24, 2.45) is 10.8 Å². The van der Waals surface area contributed by atoms with Gasteiger partial charge in [0.15, 0.2) is 0 Å². The number of amides is 2. The van der Waals surface area contributed by atoms with E-state index in [0.29, 0.717) is 12.8 Å². The van der Waals surface area contributed by atoms with E-state index in [1.807, 2.05) is 0 Å². The van der Waals surface area contributed by atoms with Crippen LogP contribution in [0.4, 0.5) is 4.79 Å². The number of hydrogen-bond acceptors (Lipinski definition) is 2. The molecule has 5 nitrogen and oxygen atoms in total. The van der Waals surface area contributed by atoms with Crippen LogP contribution in [0.25, 0.3) is 0 Å². The number of piperidine rings is 1. The van der Waals surface area contributed by atoms with E-state index < -0.39 is 11.4 Å². The zero-order valence-corrected chi connectivity index (χ0v) is 11.2. The molecule has 0 aromatic heterocycles. The van der Waals surface area contributed by atoms with Crippen molar-refractivity contribution >= 4 is 12.0 Å². The quantitative estimate of drug-likeness (QED) is 0.805. The molecule has 2 rings (SSSR count). The zero-order valence-electron chi connectivity index (χ0n) is 11.2. The molecule has 0 unspecified atom stereocenters. The minimum absolute atomic E-state index is 0.115. The Hall–Kier alpha value is -1.26. The van der Waals surface area contributed by atoms with Crippen molar-refractivity contribution in [2.45, 2.75) is 39.5 Å². The lowest BCUT2D eigenvalue weighted by atomic mass is 9.84. The monoisotopic (exact) mass is 254 g/mol. The van der Waals surface area contributed by atoms with Gasteiger partial charge in [-0.2, -0.15) is 0 Å². The van der Waals surface area contributed by atoms with Crippen LogP contribution >= 0.6 is 0 Å². The van der Waals surface area contributed by atoms with Gasteiger partial charge >= 0.3 is 12.0 Å². The Morgan fingerprint density at radius 3 is 2.44 bits per heavy atom. The number of nitrogens with zero attached hydrogens (tertiary/aromatic N) is 1. The normalized spacial score (nSPS) is 24.4. The predicted molar refractivity (Wildman–Crippen MR) is 67.3 cm³/mol. The topological polar surface area (TPSA) is 69.6 Å². The Kier molecular flexibility index (Phi) is 3.25. The minimum Gasteiger partial charge on any atom is -0.481 e. The number of aliphatic carboxylic acids is 1. The highest BCUT2D eigenvalue weighted by molar-refractivity contribution is 5.80. The highest BCUT2D eigenvalue weighted by atomic mass is 16.4. The minimum atomic E-state index is -0.790. The molecule has 0 radical (unpaired) electrons. The Balaban J connectivity index is 1.83. The maximum absolute atomic E-state index is 12.0. The number of carbonyl (C=O) groups excluding carboxylic acids is 1. The highest BCUT2D eigenvalue weighted by Gasteiger charge is 2.50. The van der Waals surface area contributed by atoms with E-state index in [4.69, 9.17) is 5.11 Å². The van der Waals surface area contributed by atoms with Crippen molar-refractivity contribution in [3.8, 4) is 0 Å². The second kappa shape index (κ2) is 4.44. The first kappa shape index (κ1) is 13.2. The van der Waals surface area contributed by atoms with Crippen LogP contribution in [0.3, 0.4) is 0 Å². The molecular formula is C13H22N2O3. The van der Waals surface area contributed by atoms with Crippen LogP contribution in [-0.2, 0) is 4.79 Å². The number of carbonyl (C=O) groups is 2. The summed E-state index contributed by atoms with van der Waals surface area (Å²) >= 11 is 0. The van der Waals surface area contributed by atoms with Crippen LogP contribution in [0.5, 0.6) is 0 Å². The van der Waals surface area contributed by atoms with Gasteiger partial charge < -0.3 is 15.3 Å². The van der Waals surface area contributed by atoms with E-state index in [0.717, 1.165) is 25.9 Å². The molecule has 5 heteroatoms. The van der Waals surface area contributed by atoms with Gasteiger partial charge in [0.2, 0.25) is 0 Å². The molecule has 2 amide bonds. The fourth-order valence-corrected chi connectivity index (χ4v) is 2.57. The van der Waals surface area contributed by atoms with Crippen molar-refractivity contribution in [3.05, 3.63) is 0 Å². The fraction of sp³-hybridized carbons (Fsp3) is 0.846. The number of hydrogen-bond donors (Lipinski definition) is 2. The van der Waals surface area contributed by atoms with E-state index in [9.17, 15) is 9.59 Å². The summed E-state index contributed by atoms with van der Waals surface area (Å²) < 4.78 is 0. The maximum atomic E-state index is 12.0. The van der Waals surface area contributed by atoms with Gasteiger partial charge in [-0.3, -0.25) is 4.79 Å². The van der Waals surface area contributed by atoms with Gasteiger partial charge in [0, 0.05) is 19.6 Å². The lowest BCUT2D eigenvalue weighted by molar-refractivity contribution is -0.143. The number of carboxylic acids is 1. The third-order valence-electron chi connectivity index (χ3n) is 4.07. The summed E-state index contributed by atoms with van der Waals surface area (Å²) in [6.07, 6.45) is 3.50. The molecule has 2 fully saturated rings. The molecule has 0 bridgehead atoms. The van der Waals surface area contributed by atoms with Gasteiger partial charge in [-0.15, -0.1) is 0 Å². The first-order valence-electron chi connectivity index (χ1n) is 6.61. The number of rotatable bonds is 3. The molecule has 1 heterocycles. The van der Waals surface area contributed by atoms with E-state index in [1.54, 1.807) is 4.90 Å². The van der Waals surface area contributed by atoms with Crippen LogP contribution in [0.15, 0.2) is 0 Å². The maximum Gasteiger partial charge on any atom is 0.317 e. The van der Waals surface area contributed by atoms with E-state index >= 15 is 0 Å². The third kappa shape index (κ3) is 2.76. The van der Waals surface area contributed by atoms with Gasteiger partial charge in [0.05, 0.1) is 5.41 Å². The highest BCUT2D eigenvalue weighted by Crippen LogP contribution is 2.45. The zero-order chi connectivity index (χ0) is 13.4. The van der Waals surface area contributed by atoms with E-state index in [2.05, 4.69) is 19.2 Å². The second-order valence-corrected chi connectivity index (χ2v) is 6.43. The van der Waals surface area contributed by atoms with Crippen molar-refractivity contribution in [3.63, 3.8) is 0 Å². The Morgan fingerprint density at radius 1 is 1.28 bits per heavy atom. The summed E-state index contributed by atoms with van der Waals surface area (Å²) in [6.45, 7) is 6.10. The molecule has 0 aromatic rings. The molecule has 1 saturated carbocycles. The molecule has 1 aliphatic heterocycles. The van der Waals surface area contributed by atoms with Gasteiger partial charge in [-0.25, -0.2) is 4.79 Å². The van der Waals surface area contributed by atoms with Gasteiger partial charge in [0.1, 0.15) is 0 Å². The largest absolute Gasteiger partial charge is 0.481 e. The lowest BCUT2D eigenvalue weighted by Crippen LogP contribution is -2.49. The average Bonchev–Trinajstić information content (AvgIpc) is 3.05. The summed E-state index contributed by atoms with van der Waals surface area (Å²) in [6, 6.07) is -0.115. The molecule has 1 saturated heterocycles. The second-order valence-electron chi connectivity index (χ2n) is 6.43. The molecule has 1 aliphatic carbocycles. The Morgan fingerprint density at radius 2 is 1.94 bits per heavy atom. The number of carboxylic acid groups (broad SMARTS) is 1. The molecule has 0 spiro atoms. The number of likely N-dealkylation sites (tertiary alicyclic amines) is 1. The number of nitrogens with one attached hydrogen (secondary N) is 1. The summed E-state index contributed by atoms with van der Waals surface area (Å²) in [4.78, 5) is 24.8. The molecule has 2 N–H and O–H groups in total. The van der Waals surface area contributed by atoms with Crippen LogP contribution < -0.4 is 5.32 Å². The summed E-state index contributed by atoms with van der Waals surface area (Å²) in [5.74, 6) is -0.790. The van der Waals surface area contributed by atoms with Crippen molar-refractivity contribution < 1.29 is 14.7 Å². The number of urea groups is 1. The summed E-state index contributed by atoms with van der Waals surface area (Å²) in [7, 11) is 0. The molecule has 102 valence electrons. The first-order valence-corrected chi connectivity index (χ1v) is 6.61. The van der Waals surface area contributed by atoms with Crippen LogP contribution in [0.1, 0.15) is 39.5 Å². The standard InChI is InChI=1S/C13H22N2O3/c1-12(2)4-3-7-15(9-12)11(18)14-8-13(5-6-13)10(16)17/h3-9H2,1-2H3,(H,14,18)(H,16,17). The van der Waals surface area contributed by atoms with Gasteiger partial charge in [-0.1, -0.05) is 13.8 Å². The molecular weight excluding hydrogens is 232 g/mol. The van der Waals surface area contributed by atoms with Gasteiger partial charge in [-0.05, 0) is 31.1 Å². The molecule has 18 heavy (non-hydrogen) atoms. The molecule has 0 aromatic carbocycles. The van der Waals surface area contributed by atoms with Crippen LogP contribution in [0.2, 0.25) is 0 Å². The van der Waals surface area contributed by atoms with E-state index in [1.165, 1.54) is 0 Å². The molecule has 2 aliphatic rings. The summed E-state index contributed by atoms with van der Waals surface area (Å²) in [5, 5.41) is 11.8. The van der Waals surface area contributed by atoms with Crippen molar-refractivity contribution in [2.75, 3.05) is 19.6 Å². The smallest absolute Gasteiger partial charge is 0.317 e. The van der Waals surface area contributed by atoms with Crippen LogP contribution in [0, 0.1) is 10.8 Å². The van der Waals surface area contributed by atoms with Crippen LogP contribution in [-0.4, -0.2) is 41.6 Å². The molecule has 0 atom stereocenters. The lowest BCUT2D eigenvalue weighted by Gasteiger charge is -2.38. The third-order valence-corrected chi connectivity index (χ3v) is 4.07. The Bertz CT molecular complexity index is 361. The SMILES string of the molecule is CC1(C)CCCN(C(=O)NCC2(C(=O)O)CC2)C1.